The van der Waals surface area contributed by atoms with E-state index in [2.05, 4.69) is 15.6 Å². The van der Waals surface area contributed by atoms with Gasteiger partial charge in [0, 0.05) is 32.3 Å². The van der Waals surface area contributed by atoms with E-state index in [0.717, 1.165) is 18.4 Å². The summed E-state index contributed by atoms with van der Waals surface area (Å²) in [6.07, 6.45) is 3.23. The second-order valence-electron chi connectivity index (χ2n) is 5.06. The average molecular weight is 276 g/mol. The molecule has 108 valence electrons. The molecule has 1 aliphatic rings. The SMILES string of the molecule is CC(=O)NC1CCN(C(=O)Nc2ncccc2C)CC1. The van der Waals surface area contributed by atoms with Crippen LogP contribution in [0.3, 0.4) is 0 Å². The molecular formula is C14H20N4O2. The van der Waals surface area contributed by atoms with Gasteiger partial charge in [-0.05, 0) is 31.4 Å². The number of carbonyl (C=O) groups is 2. The number of anilines is 1. The third-order valence-electron chi connectivity index (χ3n) is 3.42. The van der Waals surface area contributed by atoms with Crippen LogP contribution in [0.1, 0.15) is 25.3 Å². The number of piperidine rings is 1. The van der Waals surface area contributed by atoms with Crippen LogP contribution in [0.15, 0.2) is 18.3 Å². The number of nitrogens with zero attached hydrogens (tertiary/aromatic N) is 2. The van der Waals surface area contributed by atoms with E-state index in [0.29, 0.717) is 18.9 Å². The summed E-state index contributed by atoms with van der Waals surface area (Å²) in [7, 11) is 0. The molecule has 1 aromatic rings. The van der Waals surface area contributed by atoms with Gasteiger partial charge in [-0.2, -0.15) is 0 Å². The third-order valence-corrected chi connectivity index (χ3v) is 3.42. The van der Waals surface area contributed by atoms with Gasteiger partial charge in [0.15, 0.2) is 0 Å². The first-order valence-electron chi connectivity index (χ1n) is 6.81. The lowest BCUT2D eigenvalue weighted by Crippen LogP contribution is -2.47. The zero-order chi connectivity index (χ0) is 14.5. The summed E-state index contributed by atoms with van der Waals surface area (Å²) in [5, 5.41) is 5.71. The smallest absolute Gasteiger partial charge is 0.323 e. The first-order chi connectivity index (χ1) is 9.56. The second kappa shape index (κ2) is 6.36. The molecule has 0 atom stereocenters. The lowest BCUT2D eigenvalue weighted by atomic mass is 10.1. The molecule has 20 heavy (non-hydrogen) atoms. The molecule has 2 N–H and O–H groups in total. The van der Waals surface area contributed by atoms with E-state index in [1.54, 1.807) is 11.1 Å². The quantitative estimate of drug-likeness (QED) is 0.860. The van der Waals surface area contributed by atoms with E-state index in [4.69, 9.17) is 0 Å². The molecule has 0 saturated carbocycles. The van der Waals surface area contributed by atoms with Gasteiger partial charge in [0.05, 0.1) is 0 Å². The minimum atomic E-state index is -0.131. The Kier molecular flexibility index (Phi) is 4.55. The summed E-state index contributed by atoms with van der Waals surface area (Å²) in [5.41, 5.74) is 0.939. The summed E-state index contributed by atoms with van der Waals surface area (Å²) in [6.45, 7) is 4.71. The topological polar surface area (TPSA) is 74.3 Å². The largest absolute Gasteiger partial charge is 0.353 e. The summed E-state index contributed by atoms with van der Waals surface area (Å²) in [6, 6.07) is 3.79. The van der Waals surface area contributed by atoms with Crippen molar-refractivity contribution in [2.45, 2.75) is 32.7 Å². The second-order valence-corrected chi connectivity index (χ2v) is 5.06. The Hall–Kier alpha value is -2.11. The lowest BCUT2D eigenvalue weighted by molar-refractivity contribution is -0.119. The Morgan fingerprint density at radius 1 is 1.35 bits per heavy atom. The summed E-state index contributed by atoms with van der Waals surface area (Å²) >= 11 is 0. The van der Waals surface area contributed by atoms with Crippen LogP contribution in [0.4, 0.5) is 10.6 Å². The number of aryl methyl sites for hydroxylation is 1. The standard InChI is InChI=1S/C14H20N4O2/c1-10-4-3-7-15-13(10)17-14(20)18-8-5-12(6-9-18)16-11(2)19/h3-4,7,12H,5-6,8-9H2,1-2H3,(H,16,19)(H,15,17,20). The molecule has 3 amide bonds. The number of nitrogens with one attached hydrogen (secondary N) is 2. The predicted molar refractivity (Wildman–Crippen MR) is 76.4 cm³/mol. The van der Waals surface area contributed by atoms with Gasteiger partial charge in [-0.15, -0.1) is 0 Å². The van der Waals surface area contributed by atoms with Gasteiger partial charge < -0.3 is 10.2 Å². The number of aromatic nitrogens is 1. The van der Waals surface area contributed by atoms with Crippen LogP contribution in [0.25, 0.3) is 0 Å². The Balaban J connectivity index is 1.86. The number of urea groups is 1. The van der Waals surface area contributed by atoms with Crippen LogP contribution in [-0.4, -0.2) is 41.0 Å². The molecule has 0 aromatic carbocycles. The number of pyridine rings is 1. The zero-order valence-corrected chi connectivity index (χ0v) is 11.8. The van der Waals surface area contributed by atoms with Gasteiger partial charge in [0.25, 0.3) is 0 Å². The lowest BCUT2D eigenvalue weighted by Gasteiger charge is -2.32. The molecule has 0 bridgehead atoms. The van der Waals surface area contributed by atoms with Gasteiger partial charge in [-0.1, -0.05) is 6.07 Å². The minimum Gasteiger partial charge on any atom is -0.353 e. The monoisotopic (exact) mass is 276 g/mol. The molecule has 1 aliphatic heterocycles. The molecule has 6 heteroatoms. The highest BCUT2D eigenvalue weighted by Gasteiger charge is 2.23. The highest BCUT2D eigenvalue weighted by atomic mass is 16.2. The summed E-state index contributed by atoms with van der Waals surface area (Å²) in [5.74, 6) is 0.582. The van der Waals surface area contributed by atoms with E-state index >= 15 is 0 Å². The van der Waals surface area contributed by atoms with Crippen LogP contribution in [0.2, 0.25) is 0 Å². The van der Waals surface area contributed by atoms with Gasteiger partial charge in [0.2, 0.25) is 5.91 Å². The van der Waals surface area contributed by atoms with Gasteiger partial charge in [-0.25, -0.2) is 9.78 Å². The van der Waals surface area contributed by atoms with Crippen LogP contribution in [0.5, 0.6) is 0 Å². The molecule has 2 rings (SSSR count). The van der Waals surface area contributed by atoms with Gasteiger partial charge in [-0.3, -0.25) is 10.1 Å². The fraction of sp³-hybridized carbons (Fsp3) is 0.500. The minimum absolute atomic E-state index is 0.0167. The molecule has 2 heterocycles. The van der Waals surface area contributed by atoms with Crippen molar-refractivity contribution in [2.75, 3.05) is 18.4 Å². The van der Waals surface area contributed by atoms with Crippen molar-refractivity contribution in [1.29, 1.82) is 0 Å². The van der Waals surface area contributed by atoms with Crippen molar-refractivity contribution in [3.63, 3.8) is 0 Å². The van der Waals surface area contributed by atoms with Crippen molar-refractivity contribution in [3.05, 3.63) is 23.9 Å². The highest BCUT2D eigenvalue weighted by molar-refractivity contribution is 5.89. The molecule has 0 spiro atoms. The molecule has 0 aliphatic carbocycles. The van der Waals surface area contributed by atoms with E-state index in [9.17, 15) is 9.59 Å². The maximum absolute atomic E-state index is 12.1. The normalized spacial score (nSPS) is 15.8. The maximum Gasteiger partial charge on any atom is 0.323 e. The first-order valence-corrected chi connectivity index (χ1v) is 6.81. The van der Waals surface area contributed by atoms with E-state index in [-0.39, 0.29) is 18.0 Å². The Morgan fingerprint density at radius 3 is 2.65 bits per heavy atom. The van der Waals surface area contributed by atoms with E-state index in [1.165, 1.54) is 6.92 Å². The molecule has 6 nitrogen and oxygen atoms in total. The molecule has 0 unspecified atom stereocenters. The summed E-state index contributed by atoms with van der Waals surface area (Å²) < 4.78 is 0. The number of likely N-dealkylation sites (tertiary alicyclic amines) is 1. The molecule has 1 fully saturated rings. The zero-order valence-electron chi connectivity index (χ0n) is 11.8. The summed E-state index contributed by atoms with van der Waals surface area (Å²) in [4.78, 5) is 29.0. The number of amides is 3. The van der Waals surface area contributed by atoms with Gasteiger partial charge >= 0.3 is 6.03 Å². The Morgan fingerprint density at radius 2 is 2.05 bits per heavy atom. The van der Waals surface area contributed by atoms with Crippen LogP contribution in [-0.2, 0) is 4.79 Å². The van der Waals surface area contributed by atoms with Crippen LogP contribution >= 0.6 is 0 Å². The number of hydrogen-bond acceptors (Lipinski definition) is 3. The van der Waals surface area contributed by atoms with Gasteiger partial charge in [0.1, 0.15) is 5.82 Å². The van der Waals surface area contributed by atoms with Crippen molar-refractivity contribution >= 4 is 17.8 Å². The van der Waals surface area contributed by atoms with Crippen molar-refractivity contribution in [3.8, 4) is 0 Å². The third kappa shape index (κ3) is 3.69. The molecule has 1 aromatic heterocycles. The van der Waals surface area contributed by atoms with Crippen molar-refractivity contribution in [2.24, 2.45) is 0 Å². The highest BCUT2D eigenvalue weighted by Crippen LogP contribution is 2.14. The number of hydrogen-bond donors (Lipinski definition) is 2. The first kappa shape index (κ1) is 14.3. The fourth-order valence-corrected chi connectivity index (χ4v) is 2.31. The Bertz CT molecular complexity index is 496. The van der Waals surface area contributed by atoms with Crippen molar-refractivity contribution < 1.29 is 9.59 Å². The number of rotatable bonds is 2. The van der Waals surface area contributed by atoms with E-state index < -0.39 is 0 Å². The predicted octanol–water partition coefficient (Wildman–Crippen LogP) is 1.52. The number of carbonyl (C=O) groups excluding carboxylic acids is 2. The van der Waals surface area contributed by atoms with Crippen LogP contribution < -0.4 is 10.6 Å². The Labute approximate surface area is 118 Å². The molecular weight excluding hydrogens is 256 g/mol. The van der Waals surface area contributed by atoms with Crippen LogP contribution in [0, 0.1) is 6.92 Å². The molecule has 1 saturated heterocycles. The van der Waals surface area contributed by atoms with E-state index in [1.807, 2.05) is 19.1 Å². The maximum atomic E-state index is 12.1. The fourth-order valence-electron chi connectivity index (χ4n) is 2.31. The average Bonchev–Trinajstić information content (AvgIpc) is 2.41. The molecule has 0 radical (unpaired) electrons. The van der Waals surface area contributed by atoms with Crippen molar-refractivity contribution in [1.82, 2.24) is 15.2 Å².